The summed E-state index contributed by atoms with van der Waals surface area (Å²) in [5.41, 5.74) is 9.28. The van der Waals surface area contributed by atoms with Gasteiger partial charge in [0.2, 0.25) is 0 Å². The molecule has 0 spiro atoms. The smallest absolute Gasteiger partial charge is 0.0448 e. The first-order chi connectivity index (χ1) is 9.69. The zero-order valence-electron chi connectivity index (χ0n) is 12.4. The van der Waals surface area contributed by atoms with Crippen molar-refractivity contribution >= 4 is 22.1 Å². The van der Waals surface area contributed by atoms with Gasteiger partial charge in [0, 0.05) is 47.1 Å². The molecule has 0 radical (unpaired) electrons. The molecular formula is C17H23N3. The van der Waals surface area contributed by atoms with E-state index < -0.39 is 0 Å². The van der Waals surface area contributed by atoms with Crippen molar-refractivity contribution in [2.75, 3.05) is 23.7 Å². The zero-order chi connectivity index (χ0) is 14.1. The van der Waals surface area contributed by atoms with Crippen LogP contribution in [0.15, 0.2) is 24.4 Å². The van der Waals surface area contributed by atoms with Gasteiger partial charge >= 0.3 is 0 Å². The summed E-state index contributed by atoms with van der Waals surface area (Å²) in [7, 11) is 0. The van der Waals surface area contributed by atoms with Crippen LogP contribution in [0.25, 0.3) is 10.8 Å². The third-order valence-electron chi connectivity index (χ3n) is 4.06. The molecule has 0 amide bonds. The average molecular weight is 269 g/mol. The van der Waals surface area contributed by atoms with Crippen molar-refractivity contribution in [1.82, 2.24) is 4.98 Å². The summed E-state index contributed by atoms with van der Waals surface area (Å²) in [6, 6.07) is 6.36. The Morgan fingerprint density at radius 1 is 1.30 bits per heavy atom. The highest BCUT2D eigenvalue weighted by Crippen LogP contribution is 2.35. The number of hydrogen-bond donors (Lipinski definition) is 1. The van der Waals surface area contributed by atoms with Crippen molar-refractivity contribution in [3.05, 3.63) is 30.1 Å². The molecule has 1 aromatic carbocycles. The largest absolute Gasteiger partial charge is 0.398 e. The molecule has 3 rings (SSSR count). The van der Waals surface area contributed by atoms with Crippen molar-refractivity contribution in [3.63, 3.8) is 0 Å². The van der Waals surface area contributed by atoms with Crippen LogP contribution < -0.4 is 10.6 Å². The first kappa shape index (κ1) is 13.2. The molecule has 20 heavy (non-hydrogen) atoms. The molecule has 3 heteroatoms. The van der Waals surface area contributed by atoms with E-state index in [4.69, 9.17) is 5.73 Å². The van der Waals surface area contributed by atoms with Crippen LogP contribution in [0.5, 0.6) is 0 Å². The second-order valence-corrected chi connectivity index (χ2v) is 5.93. The first-order valence-electron chi connectivity index (χ1n) is 7.59. The first-order valence-corrected chi connectivity index (χ1v) is 7.59. The van der Waals surface area contributed by atoms with Crippen LogP contribution in [0.4, 0.5) is 11.4 Å². The molecular weight excluding hydrogens is 246 g/mol. The summed E-state index contributed by atoms with van der Waals surface area (Å²) in [5, 5.41) is 2.32. The Balaban J connectivity index is 2.07. The summed E-state index contributed by atoms with van der Waals surface area (Å²) in [4.78, 5) is 6.92. The number of pyridine rings is 1. The van der Waals surface area contributed by atoms with Crippen LogP contribution in [0, 0.1) is 12.8 Å². The van der Waals surface area contributed by atoms with Gasteiger partial charge in [0.05, 0.1) is 0 Å². The summed E-state index contributed by atoms with van der Waals surface area (Å²) in [6.45, 7) is 6.56. The highest BCUT2D eigenvalue weighted by atomic mass is 15.1. The molecule has 0 atom stereocenters. The van der Waals surface area contributed by atoms with Gasteiger partial charge in [-0.3, -0.25) is 4.98 Å². The number of aryl methyl sites for hydroxylation is 1. The Morgan fingerprint density at radius 3 is 2.80 bits per heavy atom. The molecule has 1 aliphatic rings. The standard InChI is InChI=1S/C17H23N3/c1-3-8-20(11-13-4-5-13)17-7-6-16(18)15-10-19-12(2)9-14(15)17/h6-7,9-10,13H,3-5,8,11,18H2,1-2H3. The minimum Gasteiger partial charge on any atom is -0.398 e. The summed E-state index contributed by atoms with van der Waals surface area (Å²) < 4.78 is 0. The SMILES string of the molecule is CCCN(CC1CC1)c1ccc(N)c2cnc(C)cc12. The highest BCUT2D eigenvalue weighted by molar-refractivity contribution is 6.01. The number of benzene rings is 1. The molecule has 0 bridgehead atoms. The van der Waals surface area contributed by atoms with Gasteiger partial charge in [0.25, 0.3) is 0 Å². The van der Waals surface area contributed by atoms with E-state index in [1.165, 1.54) is 36.9 Å². The molecule has 2 aromatic rings. The Morgan fingerprint density at radius 2 is 2.10 bits per heavy atom. The van der Waals surface area contributed by atoms with E-state index in [2.05, 4.69) is 28.9 Å². The van der Waals surface area contributed by atoms with Crippen molar-refractivity contribution < 1.29 is 0 Å². The topological polar surface area (TPSA) is 42.1 Å². The molecule has 106 valence electrons. The summed E-state index contributed by atoms with van der Waals surface area (Å²) in [5.74, 6) is 0.886. The van der Waals surface area contributed by atoms with E-state index >= 15 is 0 Å². The minimum atomic E-state index is 0.819. The second kappa shape index (κ2) is 5.31. The lowest BCUT2D eigenvalue weighted by Crippen LogP contribution is -2.26. The van der Waals surface area contributed by atoms with Crippen LogP contribution in [-0.4, -0.2) is 18.1 Å². The number of aromatic nitrogens is 1. The maximum atomic E-state index is 6.10. The van der Waals surface area contributed by atoms with Gasteiger partial charge in [0.1, 0.15) is 0 Å². The number of hydrogen-bond acceptors (Lipinski definition) is 3. The minimum absolute atomic E-state index is 0.819. The van der Waals surface area contributed by atoms with Gasteiger partial charge < -0.3 is 10.6 Å². The van der Waals surface area contributed by atoms with E-state index in [0.29, 0.717) is 0 Å². The van der Waals surface area contributed by atoms with E-state index in [1.807, 2.05) is 19.2 Å². The van der Waals surface area contributed by atoms with Gasteiger partial charge in [-0.05, 0) is 50.3 Å². The van der Waals surface area contributed by atoms with Gasteiger partial charge in [-0.1, -0.05) is 6.92 Å². The molecule has 1 fully saturated rings. The van der Waals surface area contributed by atoms with Crippen molar-refractivity contribution in [1.29, 1.82) is 0 Å². The Bertz CT molecular complexity index is 617. The Labute approximate surface area is 120 Å². The fourth-order valence-electron chi connectivity index (χ4n) is 2.82. The zero-order valence-corrected chi connectivity index (χ0v) is 12.4. The summed E-state index contributed by atoms with van der Waals surface area (Å²) in [6.07, 6.45) is 5.84. The summed E-state index contributed by atoms with van der Waals surface area (Å²) >= 11 is 0. The van der Waals surface area contributed by atoms with Crippen LogP contribution in [0.1, 0.15) is 31.9 Å². The van der Waals surface area contributed by atoms with E-state index in [9.17, 15) is 0 Å². The monoisotopic (exact) mass is 269 g/mol. The van der Waals surface area contributed by atoms with Crippen LogP contribution in [0.2, 0.25) is 0 Å². The van der Waals surface area contributed by atoms with Crippen LogP contribution >= 0.6 is 0 Å². The maximum absolute atomic E-state index is 6.10. The van der Waals surface area contributed by atoms with Gasteiger partial charge in [-0.25, -0.2) is 0 Å². The quantitative estimate of drug-likeness (QED) is 0.840. The average Bonchev–Trinajstić information content (AvgIpc) is 3.23. The Hall–Kier alpha value is -1.77. The van der Waals surface area contributed by atoms with Crippen molar-refractivity contribution in [2.24, 2.45) is 5.92 Å². The lowest BCUT2D eigenvalue weighted by molar-refractivity contribution is 0.710. The number of nitrogens with two attached hydrogens (primary N) is 1. The van der Waals surface area contributed by atoms with Gasteiger partial charge in [0.15, 0.2) is 0 Å². The normalized spacial score (nSPS) is 14.7. The maximum Gasteiger partial charge on any atom is 0.0448 e. The van der Waals surface area contributed by atoms with Crippen LogP contribution in [-0.2, 0) is 0 Å². The number of nitrogens with zero attached hydrogens (tertiary/aromatic N) is 2. The molecule has 2 N–H and O–H groups in total. The number of nitrogen functional groups attached to an aromatic ring is 1. The highest BCUT2D eigenvalue weighted by Gasteiger charge is 2.25. The second-order valence-electron chi connectivity index (χ2n) is 5.93. The third kappa shape index (κ3) is 2.58. The molecule has 3 nitrogen and oxygen atoms in total. The molecule has 1 aliphatic carbocycles. The molecule has 1 saturated carbocycles. The predicted molar refractivity (Wildman–Crippen MR) is 86.1 cm³/mol. The van der Waals surface area contributed by atoms with Crippen molar-refractivity contribution in [3.8, 4) is 0 Å². The van der Waals surface area contributed by atoms with E-state index in [1.54, 1.807) is 0 Å². The fraction of sp³-hybridized carbons (Fsp3) is 0.471. The molecule has 0 aliphatic heterocycles. The molecule has 1 aromatic heterocycles. The lowest BCUT2D eigenvalue weighted by atomic mass is 10.1. The Kier molecular flexibility index (Phi) is 3.51. The molecule has 0 unspecified atom stereocenters. The number of fused-ring (bicyclic) bond motifs is 1. The van der Waals surface area contributed by atoms with E-state index in [-0.39, 0.29) is 0 Å². The van der Waals surface area contributed by atoms with Crippen molar-refractivity contribution in [2.45, 2.75) is 33.1 Å². The molecule has 0 saturated heterocycles. The van der Waals surface area contributed by atoms with Gasteiger partial charge in [-0.15, -0.1) is 0 Å². The molecule has 1 heterocycles. The van der Waals surface area contributed by atoms with E-state index in [0.717, 1.165) is 29.2 Å². The van der Waals surface area contributed by atoms with Crippen LogP contribution in [0.3, 0.4) is 0 Å². The lowest BCUT2D eigenvalue weighted by Gasteiger charge is -2.26. The fourth-order valence-corrected chi connectivity index (χ4v) is 2.82. The number of rotatable bonds is 5. The number of anilines is 2. The van der Waals surface area contributed by atoms with Gasteiger partial charge in [-0.2, -0.15) is 0 Å². The third-order valence-corrected chi connectivity index (χ3v) is 4.06. The predicted octanol–water partition coefficient (Wildman–Crippen LogP) is 3.75.